The summed E-state index contributed by atoms with van der Waals surface area (Å²) in [6.45, 7) is 3.08. The molecule has 4 heterocycles. The monoisotopic (exact) mass is 418 g/mol. The van der Waals surface area contributed by atoms with Gasteiger partial charge in [-0.3, -0.25) is 10.1 Å². The van der Waals surface area contributed by atoms with Crippen LogP contribution in [0.2, 0.25) is 0 Å². The SMILES string of the molecule is COc1c(NC[C@@H]2CCO2)cc(C(=O)Nc2nnc(-n3nccc3C)s2)oc1=O. The van der Waals surface area contributed by atoms with Crippen molar-refractivity contribution in [2.75, 3.05) is 30.9 Å². The summed E-state index contributed by atoms with van der Waals surface area (Å²) in [4.78, 5) is 24.8. The Kier molecular flexibility index (Phi) is 5.27. The maximum Gasteiger partial charge on any atom is 0.381 e. The summed E-state index contributed by atoms with van der Waals surface area (Å²) in [5, 5.41) is 18.5. The van der Waals surface area contributed by atoms with Crippen LogP contribution in [0.4, 0.5) is 10.8 Å². The molecule has 0 radical (unpaired) electrons. The van der Waals surface area contributed by atoms with Crippen LogP contribution >= 0.6 is 11.3 Å². The Morgan fingerprint density at radius 2 is 2.28 bits per heavy atom. The first-order valence-electron chi connectivity index (χ1n) is 8.78. The molecule has 29 heavy (non-hydrogen) atoms. The summed E-state index contributed by atoms with van der Waals surface area (Å²) in [6, 6.07) is 3.24. The quantitative estimate of drug-likeness (QED) is 0.585. The van der Waals surface area contributed by atoms with Gasteiger partial charge in [0.05, 0.1) is 18.9 Å². The molecule has 152 valence electrons. The van der Waals surface area contributed by atoms with Crippen molar-refractivity contribution in [1.82, 2.24) is 20.0 Å². The minimum atomic E-state index is -0.762. The van der Waals surface area contributed by atoms with Crippen LogP contribution in [0.3, 0.4) is 0 Å². The molecule has 0 saturated carbocycles. The Morgan fingerprint density at radius 1 is 1.45 bits per heavy atom. The number of anilines is 2. The van der Waals surface area contributed by atoms with Gasteiger partial charge in [0.25, 0.3) is 5.91 Å². The Labute approximate surface area is 168 Å². The first-order chi connectivity index (χ1) is 14.0. The summed E-state index contributed by atoms with van der Waals surface area (Å²) < 4.78 is 17.1. The molecular weight excluding hydrogens is 400 g/mol. The highest BCUT2D eigenvalue weighted by Gasteiger charge is 2.22. The molecular formula is C17H18N6O5S. The number of carbonyl (C=O) groups is 1. The summed E-state index contributed by atoms with van der Waals surface area (Å²) in [7, 11) is 1.36. The number of aromatic nitrogens is 4. The van der Waals surface area contributed by atoms with E-state index in [1.54, 1.807) is 10.9 Å². The fourth-order valence-corrected chi connectivity index (χ4v) is 3.43. The third-order valence-corrected chi connectivity index (χ3v) is 5.11. The van der Waals surface area contributed by atoms with Crippen molar-refractivity contribution in [1.29, 1.82) is 0 Å². The van der Waals surface area contributed by atoms with E-state index in [-0.39, 0.29) is 22.7 Å². The Bertz CT molecular complexity index is 1090. The smallest absolute Gasteiger partial charge is 0.381 e. The maximum absolute atomic E-state index is 12.6. The topological polar surface area (TPSA) is 133 Å². The minimum Gasteiger partial charge on any atom is -0.488 e. The van der Waals surface area contributed by atoms with E-state index in [9.17, 15) is 9.59 Å². The molecule has 4 rings (SSSR count). The number of hydrogen-bond acceptors (Lipinski definition) is 10. The van der Waals surface area contributed by atoms with Gasteiger partial charge in [0, 0.05) is 31.1 Å². The van der Waals surface area contributed by atoms with Crippen molar-refractivity contribution < 1.29 is 18.7 Å². The van der Waals surface area contributed by atoms with Gasteiger partial charge in [-0.25, -0.2) is 9.48 Å². The fourth-order valence-electron chi connectivity index (χ4n) is 2.67. The van der Waals surface area contributed by atoms with Crippen LogP contribution in [0.1, 0.15) is 22.7 Å². The van der Waals surface area contributed by atoms with Crippen molar-refractivity contribution in [3.05, 3.63) is 40.2 Å². The largest absolute Gasteiger partial charge is 0.488 e. The number of carbonyl (C=O) groups excluding carboxylic acids is 1. The lowest BCUT2D eigenvalue weighted by Crippen LogP contribution is -2.33. The molecule has 3 aromatic heterocycles. The number of methoxy groups -OCH3 is 1. The van der Waals surface area contributed by atoms with E-state index in [4.69, 9.17) is 13.9 Å². The second-order valence-electron chi connectivity index (χ2n) is 6.24. The molecule has 1 aliphatic heterocycles. The molecule has 0 unspecified atom stereocenters. The standard InChI is InChI=1S/C17H18N6O5S/c1-9-3-5-19-23(9)17-22-21-16(29-17)20-14(24)12-7-11(13(26-2)15(25)28-12)18-8-10-4-6-27-10/h3,5,7,10,18H,4,6,8H2,1-2H3,(H,20,21,24)/t10-/m0/s1. The average Bonchev–Trinajstić information content (AvgIpc) is 3.28. The Hall–Kier alpha value is -3.25. The molecule has 3 aromatic rings. The van der Waals surface area contributed by atoms with E-state index in [1.165, 1.54) is 13.2 Å². The third kappa shape index (κ3) is 3.98. The van der Waals surface area contributed by atoms with Crippen molar-refractivity contribution in [3.8, 4) is 10.9 Å². The van der Waals surface area contributed by atoms with E-state index >= 15 is 0 Å². The van der Waals surface area contributed by atoms with Crippen LogP contribution in [0, 0.1) is 6.92 Å². The highest BCUT2D eigenvalue weighted by Crippen LogP contribution is 2.24. The lowest BCUT2D eigenvalue weighted by atomic mass is 10.2. The van der Waals surface area contributed by atoms with Gasteiger partial charge < -0.3 is 19.2 Å². The van der Waals surface area contributed by atoms with Crippen LogP contribution in [0.15, 0.2) is 27.5 Å². The Balaban J connectivity index is 1.52. The van der Waals surface area contributed by atoms with Gasteiger partial charge in [0.15, 0.2) is 5.76 Å². The van der Waals surface area contributed by atoms with Crippen molar-refractivity contribution in [3.63, 3.8) is 0 Å². The summed E-state index contributed by atoms with van der Waals surface area (Å²) in [6.07, 6.45) is 2.64. The number of nitrogens with zero attached hydrogens (tertiary/aromatic N) is 4. The first-order valence-corrected chi connectivity index (χ1v) is 9.60. The highest BCUT2D eigenvalue weighted by atomic mass is 32.1. The number of amides is 1. The summed E-state index contributed by atoms with van der Waals surface area (Å²) >= 11 is 1.14. The van der Waals surface area contributed by atoms with Crippen LogP contribution in [0.5, 0.6) is 5.75 Å². The molecule has 0 bridgehead atoms. The molecule has 0 aromatic carbocycles. The van der Waals surface area contributed by atoms with E-state index in [2.05, 4.69) is 25.9 Å². The summed E-state index contributed by atoms with van der Waals surface area (Å²) in [5.41, 5.74) is 0.475. The van der Waals surface area contributed by atoms with Crippen LogP contribution in [0.25, 0.3) is 5.13 Å². The van der Waals surface area contributed by atoms with Gasteiger partial charge in [-0.1, -0.05) is 11.3 Å². The molecule has 1 fully saturated rings. The predicted molar refractivity (Wildman–Crippen MR) is 104 cm³/mol. The average molecular weight is 418 g/mol. The van der Waals surface area contributed by atoms with E-state index in [1.807, 2.05) is 13.0 Å². The number of aryl methyl sites for hydroxylation is 1. The number of ether oxygens (including phenoxy) is 2. The van der Waals surface area contributed by atoms with E-state index in [0.717, 1.165) is 30.1 Å². The van der Waals surface area contributed by atoms with Crippen LogP contribution in [-0.4, -0.2) is 52.3 Å². The minimum absolute atomic E-state index is 0.00627. The predicted octanol–water partition coefficient (Wildman–Crippen LogP) is 1.45. The zero-order valence-electron chi connectivity index (χ0n) is 15.7. The van der Waals surface area contributed by atoms with Crippen LogP contribution in [-0.2, 0) is 4.74 Å². The lowest BCUT2D eigenvalue weighted by Gasteiger charge is -2.27. The first kappa shape index (κ1) is 19.1. The van der Waals surface area contributed by atoms with Gasteiger partial charge in [-0.2, -0.15) is 5.10 Å². The third-order valence-electron chi connectivity index (χ3n) is 4.30. The molecule has 2 N–H and O–H groups in total. The maximum atomic E-state index is 12.6. The normalized spacial score (nSPS) is 15.6. The number of nitrogens with one attached hydrogen (secondary N) is 2. The molecule has 12 heteroatoms. The molecule has 11 nitrogen and oxygen atoms in total. The zero-order chi connectivity index (χ0) is 20.4. The summed E-state index contributed by atoms with van der Waals surface area (Å²) in [5.74, 6) is -0.819. The van der Waals surface area contributed by atoms with Gasteiger partial charge in [-0.05, 0) is 19.4 Å². The molecule has 1 atom stereocenters. The van der Waals surface area contributed by atoms with Gasteiger partial charge >= 0.3 is 5.63 Å². The Morgan fingerprint density at radius 3 is 2.93 bits per heavy atom. The highest BCUT2D eigenvalue weighted by molar-refractivity contribution is 7.17. The molecule has 1 aliphatic rings. The van der Waals surface area contributed by atoms with E-state index < -0.39 is 11.5 Å². The number of rotatable bonds is 7. The zero-order valence-corrected chi connectivity index (χ0v) is 16.5. The van der Waals surface area contributed by atoms with Crippen molar-refractivity contribution >= 4 is 28.1 Å². The molecule has 1 amide bonds. The number of hydrogen-bond donors (Lipinski definition) is 2. The van der Waals surface area contributed by atoms with Crippen molar-refractivity contribution in [2.24, 2.45) is 0 Å². The van der Waals surface area contributed by atoms with Gasteiger partial charge in [-0.15, -0.1) is 10.2 Å². The van der Waals surface area contributed by atoms with E-state index in [0.29, 0.717) is 17.4 Å². The second kappa shape index (κ2) is 8.01. The van der Waals surface area contributed by atoms with Gasteiger partial charge in [0.2, 0.25) is 16.0 Å². The van der Waals surface area contributed by atoms with Gasteiger partial charge in [0.1, 0.15) is 0 Å². The molecule has 0 spiro atoms. The molecule has 1 saturated heterocycles. The molecule has 0 aliphatic carbocycles. The second-order valence-corrected chi connectivity index (χ2v) is 7.19. The van der Waals surface area contributed by atoms with Crippen molar-refractivity contribution in [2.45, 2.75) is 19.4 Å². The fraction of sp³-hybridized carbons (Fsp3) is 0.353. The van der Waals surface area contributed by atoms with Crippen LogP contribution < -0.4 is 21.0 Å². The lowest BCUT2D eigenvalue weighted by molar-refractivity contribution is -0.0410.